The lowest BCUT2D eigenvalue weighted by atomic mass is 10.3. The molecule has 0 bridgehead atoms. The Hall–Kier alpha value is -1.99. The van der Waals surface area contributed by atoms with Crippen molar-refractivity contribution in [2.24, 2.45) is 0 Å². The predicted molar refractivity (Wildman–Crippen MR) is 93.8 cm³/mol. The highest BCUT2D eigenvalue weighted by Crippen LogP contribution is 2.17. The van der Waals surface area contributed by atoms with Gasteiger partial charge in [0.25, 0.3) is 5.91 Å². The van der Waals surface area contributed by atoms with E-state index in [1.165, 1.54) is 0 Å². The van der Waals surface area contributed by atoms with Gasteiger partial charge in [-0.05, 0) is 25.2 Å². The highest BCUT2D eigenvalue weighted by molar-refractivity contribution is 9.10. The summed E-state index contributed by atoms with van der Waals surface area (Å²) in [5.41, 5.74) is 1.18. The number of carbonyl (C=O) groups is 1. The van der Waals surface area contributed by atoms with Crippen LogP contribution in [0.2, 0.25) is 0 Å². The van der Waals surface area contributed by atoms with E-state index in [4.69, 9.17) is 0 Å². The first-order valence-corrected chi connectivity index (χ1v) is 8.23. The van der Waals surface area contributed by atoms with Crippen LogP contribution in [0.4, 0.5) is 11.6 Å². The highest BCUT2D eigenvalue weighted by Gasteiger charge is 2.17. The second-order valence-corrected chi connectivity index (χ2v) is 6.44. The molecule has 0 atom stereocenters. The van der Waals surface area contributed by atoms with E-state index in [2.05, 4.69) is 48.1 Å². The molecule has 23 heavy (non-hydrogen) atoms. The number of rotatable bonds is 3. The molecule has 0 unspecified atom stereocenters. The summed E-state index contributed by atoms with van der Waals surface area (Å²) in [5, 5.41) is 2.83. The molecule has 7 heteroatoms. The Morgan fingerprint density at radius 3 is 2.52 bits per heavy atom. The summed E-state index contributed by atoms with van der Waals surface area (Å²) in [7, 11) is 2.10. The van der Waals surface area contributed by atoms with Crippen molar-refractivity contribution in [1.29, 1.82) is 0 Å². The van der Waals surface area contributed by atoms with Gasteiger partial charge in [-0.25, -0.2) is 9.97 Å². The molecule has 0 aliphatic carbocycles. The summed E-state index contributed by atoms with van der Waals surface area (Å²) in [6, 6.07) is 7.45. The first kappa shape index (κ1) is 15.9. The molecule has 0 saturated carbocycles. The van der Waals surface area contributed by atoms with Gasteiger partial charge in [-0.3, -0.25) is 4.79 Å². The van der Waals surface area contributed by atoms with Crippen molar-refractivity contribution >= 4 is 33.5 Å². The normalized spacial score (nSPS) is 15.5. The summed E-state index contributed by atoms with van der Waals surface area (Å²) in [6.45, 7) is 3.79. The van der Waals surface area contributed by atoms with Crippen molar-refractivity contribution in [2.75, 3.05) is 43.4 Å². The van der Waals surface area contributed by atoms with Gasteiger partial charge in [0, 0.05) is 48.7 Å². The zero-order valence-corrected chi connectivity index (χ0v) is 14.5. The summed E-state index contributed by atoms with van der Waals surface area (Å²) >= 11 is 3.38. The molecule has 1 aliphatic heterocycles. The van der Waals surface area contributed by atoms with Gasteiger partial charge in [-0.15, -0.1) is 0 Å². The number of hydrogen-bond donors (Lipinski definition) is 1. The van der Waals surface area contributed by atoms with Crippen LogP contribution in [0.1, 0.15) is 10.4 Å². The molecule has 6 nitrogen and oxygen atoms in total. The molecule has 1 aromatic carbocycles. The van der Waals surface area contributed by atoms with Gasteiger partial charge in [-0.2, -0.15) is 0 Å². The van der Waals surface area contributed by atoms with E-state index < -0.39 is 0 Å². The minimum absolute atomic E-state index is 0.215. The summed E-state index contributed by atoms with van der Waals surface area (Å²) in [5.74, 6) is 0.463. The molecule has 1 amide bonds. The minimum atomic E-state index is -0.215. The molecule has 1 N–H and O–H groups in total. The first-order chi connectivity index (χ1) is 11.1. The summed E-state index contributed by atoms with van der Waals surface area (Å²) in [6.07, 6.45) is 3.15. The molecule has 0 spiro atoms. The van der Waals surface area contributed by atoms with Crippen LogP contribution in [0.25, 0.3) is 0 Å². The third-order valence-electron chi connectivity index (χ3n) is 3.77. The van der Waals surface area contributed by atoms with Crippen LogP contribution >= 0.6 is 15.9 Å². The van der Waals surface area contributed by atoms with Crippen LogP contribution < -0.4 is 10.2 Å². The van der Waals surface area contributed by atoms with Gasteiger partial charge in [0.1, 0.15) is 0 Å². The lowest BCUT2D eigenvalue weighted by Gasteiger charge is -2.32. The Morgan fingerprint density at radius 2 is 1.87 bits per heavy atom. The van der Waals surface area contributed by atoms with E-state index in [-0.39, 0.29) is 5.91 Å². The second kappa shape index (κ2) is 7.06. The lowest BCUT2D eigenvalue weighted by molar-refractivity contribution is 0.102. The van der Waals surface area contributed by atoms with Crippen molar-refractivity contribution < 1.29 is 4.79 Å². The molecule has 1 aliphatic rings. The number of aromatic nitrogens is 2. The molecule has 1 fully saturated rings. The Labute approximate surface area is 143 Å². The molecule has 2 heterocycles. The van der Waals surface area contributed by atoms with Gasteiger partial charge in [0.15, 0.2) is 0 Å². The number of halogens is 1. The number of anilines is 2. The van der Waals surface area contributed by atoms with Gasteiger partial charge in [0.05, 0.1) is 5.56 Å². The van der Waals surface area contributed by atoms with Crippen molar-refractivity contribution in [3.05, 3.63) is 46.7 Å². The van der Waals surface area contributed by atoms with E-state index in [0.717, 1.165) is 36.3 Å². The molecule has 3 rings (SSSR count). The molecule has 0 radical (unpaired) electrons. The quantitative estimate of drug-likeness (QED) is 0.891. The Balaban J connectivity index is 1.65. The number of hydrogen-bond acceptors (Lipinski definition) is 5. The first-order valence-electron chi connectivity index (χ1n) is 7.44. The number of likely N-dealkylation sites (N-methyl/N-ethyl adjacent to an activating group) is 1. The average Bonchev–Trinajstić information content (AvgIpc) is 2.56. The molecule has 1 aromatic heterocycles. The fourth-order valence-electron chi connectivity index (χ4n) is 2.38. The van der Waals surface area contributed by atoms with E-state index in [1.807, 2.05) is 24.3 Å². The Morgan fingerprint density at radius 1 is 1.17 bits per heavy atom. The topological polar surface area (TPSA) is 61.4 Å². The largest absolute Gasteiger partial charge is 0.338 e. The number of nitrogens with one attached hydrogen (secondary N) is 1. The lowest BCUT2D eigenvalue weighted by Crippen LogP contribution is -2.45. The van der Waals surface area contributed by atoms with E-state index in [1.54, 1.807) is 12.4 Å². The van der Waals surface area contributed by atoms with Crippen LogP contribution in [-0.4, -0.2) is 54.0 Å². The van der Waals surface area contributed by atoms with Crippen LogP contribution in [0.3, 0.4) is 0 Å². The maximum absolute atomic E-state index is 12.2. The fraction of sp³-hybridized carbons (Fsp3) is 0.312. The van der Waals surface area contributed by atoms with Crippen molar-refractivity contribution in [3.8, 4) is 0 Å². The predicted octanol–water partition coefficient (Wildman–Crippen LogP) is 2.24. The Bertz CT molecular complexity index is 683. The SMILES string of the molecule is CN1CCN(c2ncc(C(=O)Nc3cccc(Br)c3)cn2)CC1. The summed E-state index contributed by atoms with van der Waals surface area (Å²) in [4.78, 5) is 25.3. The van der Waals surface area contributed by atoms with Gasteiger partial charge in [0.2, 0.25) is 5.95 Å². The smallest absolute Gasteiger partial charge is 0.258 e. The number of benzene rings is 1. The Kier molecular flexibility index (Phi) is 4.88. The molecule has 1 saturated heterocycles. The van der Waals surface area contributed by atoms with Gasteiger partial charge < -0.3 is 15.1 Å². The molecule has 2 aromatic rings. The fourth-order valence-corrected chi connectivity index (χ4v) is 2.78. The van der Waals surface area contributed by atoms with Crippen molar-refractivity contribution in [1.82, 2.24) is 14.9 Å². The van der Waals surface area contributed by atoms with Gasteiger partial charge >= 0.3 is 0 Å². The van der Waals surface area contributed by atoms with E-state index in [9.17, 15) is 4.79 Å². The zero-order chi connectivity index (χ0) is 16.2. The standard InChI is InChI=1S/C16H18BrN5O/c1-21-5-7-22(8-6-21)16-18-10-12(11-19-16)15(23)20-14-4-2-3-13(17)9-14/h2-4,9-11H,5-8H2,1H3,(H,20,23). The van der Waals surface area contributed by atoms with Crippen LogP contribution in [-0.2, 0) is 0 Å². The van der Waals surface area contributed by atoms with Crippen LogP contribution in [0.5, 0.6) is 0 Å². The second-order valence-electron chi connectivity index (χ2n) is 5.53. The number of amides is 1. The molecule has 120 valence electrons. The highest BCUT2D eigenvalue weighted by atomic mass is 79.9. The van der Waals surface area contributed by atoms with Crippen molar-refractivity contribution in [3.63, 3.8) is 0 Å². The monoisotopic (exact) mass is 375 g/mol. The maximum atomic E-state index is 12.2. The molecular formula is C16H18BrN5O. The van der Waals surface area contributed by atoms with E-state index in [0.29, 0.717) is 11.5 Å². The zero-order valence-electron chi connectivity index (χ0n) is 12.9. The van der Waals surface area contributed by atoms with Gasteiger partial charge in [-0.1, -0.05) is 22.0 Å². The van der Waals surface area contributed by atoms with Crippen LogP contribution in [0, 0.1) is 0 Å². The number of carbonyl (C=O) groups excluding carboxylic acids is 1. The summed E-state index contributed by atoms with van der Waals surface area (Å²) < 4.78 is 0.914. The third kappa shape index (κ3) is 4.05. The average molecular weight is 376 g/mol. The van der Waals surface area contributed by atoms with E-state index >= 15 is 0 Å². The van der Waals surface area contributed by atoms with Crippen molar-refractivity contribution in [2.45, 2.75) is 0 Å². The number of nitrogens with zero attached hydrogens (tertiary/aromatic N) is 4. The minimum Gasteiger partial charge on any atom is -0.338 e. The maximum Gasteiger partial charge on any atom is 0.258 e. The third-order valence-corrected chi connectivity index (χ3v) is 4.26. The number of piperazine rings is 1. The van der Waals surface area contributed by atoms with Crippen LogP contribution in [0.15, 0.2) is 41.1 Å². The molecular weight excluding hydrogens is 358 g/mol.